The van der Waals surface area contributed by atoms with Gasteiger partial charge in [0, 0.05) is 0 Å². The van der Waals surface area contributed by atoms with Crippen molar-refractivity contribution in [3.63, 3.8) is 0 Å². The molecule has 4 heterocycles. The number of hydrogen-bond donors (Lipinski definition) is 0. The van der Waals surface area contributed by atoms with E-state index in [0.29, 0.717) is 0 Å². The van der Waals surface area contributed by atoms with Crippen LogP contribution in [0.2, 0.25) is 0 Å². The second kappa shape index (κ2) is 11.2. The van der Waals surface area contributed by atoms with Crippen molar-refractivity contribution >= 4 is 8.29 Å². The van der Waals surface area contributed by atoms with E-state index < -0.39 is 34.4 Å². The summed E-state index contributed by atoms with van der Waals surface area (Å²) in [5, 5.41) is 0. The third-order valence-electron chi connectivity index (χ3n) is 13.0. The van der Waals surface area contributed by atoms with Gasteiger partial charge in [0.15, 0.2) is 0 Å². The van der Waals surface area contributed by atoms with Crippen molar-refractivity contribution in [2.24, 2.45) is 0 Å². The summed E-state index contributed by atoms with van der Waals surface area (Å²) in [5.41, 5.74) is 12.1. The molecule has 2 aliphatic carbocycles. The van der Waals surface area contributed by atoms with E-state index in [1.807, 2.05) is 0 Å². The third kappa shape index (κ3) is 4.13. The first kappa shape index (κ1) is 33.4. The van der Waals surface area contributed by atoms with Crippen LogP contribution in [0, 0.1) is 0 Å². The van der Waals surface area contributed by atoms with E-state index in [2.05, 4.69) is 219 Å². The Hall–Kier alpha value is -5.77. The first-order valence-electron chi connectivity index (χ1n) is 19.8. The summed E-state index contributed by atoms with van der Waals surface area (Å²) in [6.07, 6.45) is 9.42. The predicted octanol–water partition coefficient (Wildman–Crippen LogP) is 10.5. The molecule has 12 rings (SSSR count). The Bertz CT molecular complexity index is 2800. The summed E-state index contributed by atoms with van der Waals surface area (Å²) in [5.74, 6) is 1.67. The Balaban J connectivity index is 1.26. The van der Waals surface area contributed by atoms with Crippen LogP contribution in [-0.4, -0.2) is 33.6 Å². The molecule has 0 fully saturated rings. The van der Waals surface area contributed by atoms with Crippen LogP contribution in [0.3, 0.4) is 0 Å². The number of ether oxygens (including phenoxy) is 1. The molecule has 6 aromatic carbocycles. The molecular formula is C51H42N4OPt. The van der Waals surface area contributed by atoms with E-state index in [9.17, 15) is 0 Å². The monoisotopic (exact) mass is 921 g/mol. The maximum atomic E-state index is 7.18. The fraction of sp³-hybridized carbons (Fsp3) is 0.176. The molecule has 0 radical (unpaired) electrons. The maximum absolute atomic E-state index is 7.18. The van der Waals surface area contributed by atoms with Crippen LogP contribution < -0.4 is 4.74 Å². The molecule has 5 nitrogen and oxygen atoms in total. The van der Waals surface area contributed by atoms with Crippen LogP contribution >= 0.6 is 0 Å². The molecule has 0 unspecified atom stereocenters. The van der Waals surface area contributed by atoms with E-state index in [0.717, 1.165) is 11.5 Å². The van der Waals surface area contributed by atoms with Crippen molar-refractivity contribution in [2.45, 2.75) is 56.8 Å². The molecule has 4 aliphatic heterocycles. The molecule has 0 atom stereocenters. The van der Waals surface area contributed by atoms with Gasteiger partial charge in [0.25, 0.3) is 0 Å². The summed E-state index contributed by atoms with van der Waals surface area (Å²) in [6.45, 7) is 11.7. The molecule has 0 saturated carbocycles. The summed E-state index contributed by atoms with van der Waals surface area (Å²) in [6, 6.07) is 52.2. The molecule has 6 bridgehead atoms. The van der Waals surface area contributed by atoms with E-state index in [4.69, 9.17) is 4.74 Å². The molecule has 282 valence electrons. The van der Waals surface area contributed by atoms with Crippen LogP contribution in [-0.2, 0) is 34.1 Å². The van der Waals surface area contributed by atoms with Gasteiger partial charge in [0.1, 0.15) is 0 Å². The van der Waals surface area contributed by atoms with Crippen molar-refractivity contribution < 1.29 is 22.4 Å². The number of rotatable bonds is 0. The topological polar surface area (TPSA) is 22.2 Å². The van der Waals surface area contributed by atoms with Crippen LogP contribution in [0.4, 0.5) is 0 Å². The molecule has 6 heteroatoms. The molecule has 0 amide bonds. The fourth-order valence-corrected chi connectivity index (χ4v) is 14.6. The van der Waals surface area contributed by atoms with E-state index in [-0.39, 0.29) is 5.41 Å². The Kier molecular flexibility index (Phi) is 6.56. The quantitative estimate of drug-likeness (QED) is 0.151. The molecule has 57 heavy (non-hydrogen) atoms. The normalized spacial score (nSPS) is 19.2. The van der Waals surface area contributed by atoms with Crippen molar-refractivity contribution in [3.8, 4) is 33.8 Å². The van der Waals surface area contributed by atoms with Gasteiger partial charge < -0.3 is 0 Å². The first-order valence-corrected chi connectivity index (χ1v) is 22.1. The number of hydrogen-bond acceptors (Lipinski definition) is 5. The van der Waals surface area contributed by atoms with Gasteiger partial charge in [-0.1, -0.05) is 0 Å². The average Bonchev–Trinajstić information content (AvgIpc) is 3.98. The molecular weight excluding hydrogens is 880 g/mol. The average molecular weight is 922 g/mol. The van der Waals surface area contributed by atoms with Gasteiger partial charge in [-0.05, 0) is 0 Å². The first-order chi connectivity index (χ1) is 27.6. The Labute approximate surface area is 342 Å². The summed E-state index contributed by atoms with van der Waals surface area (Å²) >= 11 is -0.818. The van der Waals surface area contributed by atoms with Gasteiger partial charge in [-0.2, -0.15) is 0 Å². The zero-order valence-electron chi connectivity index (χ0n) is 32.6. The van der Waals surface area contributed by atoms with Crippen LogP contribution in [0.15, 0.2) is 164 Å². The van der Waals surface area contributed by atoms with Crippen molar-refractivity contribution in [2.75, 3.05) is 0 Å². The predicted molar refractivity (Wildman–Crippen MR) is 225 cm³/mol. The van der Waals surface area contributed by atoms with Crippen molar-refractivity contribution in [3.05, 3.63) is 203 Å². The Morgan fingerprint density at radius 1 is 0.456 bits per heavy atom. The van der Waals surface area contributed by atoms with E-state index in [1.165, 1.54) is 69.5 Å². The van der Waals surface area contributed by atoms with Gasteiger partial charge in [0.2, 0.25) is 0 Å². The van der Waals surface area contributed by atoms with E-state index in [1.54, 1.807) is 0 Å². The molecule has 6 aromatic rings. The molecule has 0 saturated heterocycles. The second-order valence-corrected chi connectivity index (χ2v) is 20.0. The van der Waals surface area contributed by atoms with Gasteiger partial charge in [0.05, 0.1) is 0 Å². The molecule has 6 aliphatic rings. The number of nitrogens with zero attached hydrogens (tertiary/aromatic N) is 4. The van der Waals surface area contributed by atoms with Crippen molar-refractivity contribution in [1.82, 2.24) is 19.6 Å². The molecule has 2 spiro atoms. The van der Waals surface area contributed by atoms with Gasteiger partial charge in [-0.25, -0.2) is 0 Å². The summed E-state index contributed by atoms with van der Waals surface area (Å²) in [4.78, 5) is 10.4. The molecule has 0 N–H and O–H groups in total. The minimum atomic E-state index is -0.818. The Morgan fingerprint density at radius 3 is 1.39 bits per heavy atom. The zero-order chi connectivity index (χ0) is 38.5. The van der Waals surface area contributed by atoms with Crippen LogP contribution in [0.25, 0.3) is 22.3 Å². The third-order valence-corrected chi connectivity index (χ3v) is 16.2. The fourth-order valence-electron chi connectivity index (χ4n) is 10.4. The van der Waals surface area contributed by atoms with Gasteiger partial charge in [-0.15, -0.1) is 0 Å². The van der Waals surface area contributed by atoms with Gasteiger partial charge >= 0.3 is 344 Å². The SMILES string of the molecule is CC(C)(C)c1cc2cc(c1)C1(c3ccccc3-c3ccccc31)N1C=CN3[C]1=[Pt]=[C]1N(C=CN1C3(C)C)C1(c3cccc(c3)O2)c2ccccc2-c2ccccc21. The summed E-state index contributed by atoms with van der Waals surface area (Å²) < 4.78 is 9.89. The zero-order valence-corrected chi connectivity index (χ0v) is 34.9. The van der Waals surface area contributed by atoms with E-state index >= 15 is 0 Å². The van der Waals surface area contributed by atoms with Crippen LogP contribution in [0.5, 0.6) is 11.5 Å². The van der Waals surface area contributed by atoms with Crippen LogP contribution in [0.1, 0.15) is 73.6 Å². The summed E-state index contributed by atoms with van der Waals surface area (Å²) in [7, 11) is 0. The minimum absolute atomic E-state index is 0.131. The number of fused-ring (bicyclic) bond motifs is 18. The Morgan fingerprint density at radius 2 is 0.895 bits per heavy atom. The number of benzene rings is 6. The second-order valence-electron chi connectivity index (χ2n) is 17.4. The molecule has 0 aromatic heterocycles. The standard InChI is InChI=1S/C51H42N4O.Pt/c1-48(2,3)36-29-37-32-39(31-36)56-38-16-14-15-35(30-38)50(44-21-10-6-17-40(44)41-18-7-11-22-45(41)50)54-27-25-52(33-54)49(4,5)53-26-28-55(34-53)51(37)46-23-12-8-19-42(46)43-20-9-13-24-47(43)51;/h6-32H,1-5H3;. The van der Waals surface area contributed by atoms with Crippen molar-refractivity contribution in [1.29, 1.82) is 0 Å². The van der Waals surface area contributed by atoms with Gasteiger partial charge in [-0.3, -0.25) is 0 Å².